The maximum Gasteiger partial charge on any atom is 0.254 e. The van der Waals surface area contributed by atoms with Crippen molar-refractivity contribution in [1.29, 1.82) is 0 Å². The van der Waals surface area contributed by atoms with Crippen molar-refractivity contribution in [3.05, 3.63) is 47.5 Å². The number of piperidine rings is 1. The lowest BCUT2D eigenvalue weighted by molar-refractivity contribution is 0.0392. The molecule has 1 aliphatic carbocycles. The number of hydrogen-bond donors (Lipinski definition) is 1. The third kappa shape index (κ3) is 3.52. The van der Waals surface area contributed by atoms with E-state index in [4.69, 9.17) is 0 Å². The lowest BCUT2D eigenvalue weighted by Crippen LogP contribution is -2.49. The van der Waals surface area contributed by atoms with Crippen LogP contribution in [0.25, 0.3) is 10.8 Å². The van der Waals surface area contributed by atoms with Gasteiger partial charge in [-0.05, 0) is 60.9 Å². The molecule has 0 bridgehead atoms. The molecule has 1 aliphatic heterocycles. The number of benzene rings is 2. The Balaban J connectivity index is 1.69. The van der Waals surface area contributed by atoms with E-state index in [2.05, 4.69) is 10.2 Å². The maximum atomic E-state index is 13.5. The van der Waals surface area contributed by atoms with Gasteiger partial charge in [0.2, 0.25) is 0 Å². The average molecular weight is 379 g/mol. The molecule has 1 N–H and O–H groups in total. The molecule has 2 atom stereocenters. The summed E-state index contributed by atoms with van der Waals surface area (Å²) in [7, 11) is 0. The number of fused-ring (bicyclic) bond motifs is 2. The summed E-state index contributed by atoms with van der Waals surface area (Å²) in [5.74, 6) is 0.729. The molecule has 28 heavy (non-hydrogen) atoms. The van der Waals surface area contributed by atoms with Crippen LogP contribution < -0.4 is 5.32 Å². The van der Waals surface area contributed by atoms with Gasteiger partial charge in [-0.3, -0.25) is 9.59 Å². The first-order valence-electron chi connectivity index (χ1n) is 10.8. The van der Waals surface area contributed by atoms with Crippen LogP contribution in [0.3, 0.4) is 0 Å². The van der Waals surface area contributed by atoms with Gasteiger partial charge in [0.05, 0.1) is 0 Å². The number of nitrogens with one attached hydrogen (secondary N) is 1. The Bertz CT molecular complexity index is 874. The highest BCUT2D eigenvalue weighted by molar-refractivity contribution is 6.14. The third-order valence-corrected chi connectivity index (χ3v) is 6.44. The molecular formula is C24H30N2O2. The summed E-state index contributed by atoms with van der Waals surface area (Å²) in [6.45, 7) is 3.55. The monoisotopic (exact) mass is 378 g/mol. The van der Waals surface area contributed by atoms with Crippen LogP contribution in [0.5, 0.6) is 0 Å². The molecule has 1 heterocycles. The molecule has 4 rings (SSSR count). The van der Waals surface area contributed by atoms with E-state index in [1.807, 2.05) is 43.3 Å². The van der Waals surface area contributed by atoms with Crippen LogP contribution in [-0.2, 0) is 0 Å². The highest BCUT2D eigenvalue weighted by atomic mass is 16.2. The lowest BCUT2D eigenvalue weighted by atomic mass is 9.78. The van der Waals surface area contributed by atoms with Crippen molar-refractivity contribution in [1.82, 2.24) is 10.2 Å². The quantitative estimate of drug-likeness (QED) is 0.833. The van der Waals surface area contributed by atoms with E-state index in [9.17, 15) is 9.59 Å². The van der Waals surface area contributed by atoms with Crippen LogP contribution in [0.2, 0.25) is 0 Å². The Morgan fingerprint density at radius 2 is 1.64 bits per heavy atom. The van der Waals surface area contributed by atoms with Gasteiger partial charge < -0.3 is 10.2 Å². The minimum atomic E-state index is -0.0673. The third-order valence-electron chi connectivity index (χ3n) is 6.44. The van der Waals surface area contributed by atoms with E-state index in [0.29, 0.717) is 24.1 Å². The molecule has 0 unspecified atom stereocenters. The molecule has 1 saturated heterocycles. The molecule has 2 aromatic carbocycles. The van der Waals surface area contributed by atoms with Crippen LogP contribution in [-0.4, -0.2) is 35.8 Å². The van der Waals surface area contributed by atoms with Crippen molar-refractivity contribution in [2.45, 2.75) is 57.9 Å². The van der Waals surface area contributed by atoms with Crippen molar-refractivity contribution in [3.8, 4) is 0 Å². The summed E-state index contributed by atoms with van der Waals surface area (Å²) in [5.41, 5.74) is 1.38. The minimum absolute atomic E-state index is 0.0673. The second-order valence-corrected chi connectivity index (χ2v) is 8.21. The Kier molecular flexibility index (Phi) is 5.65. The molecule has 2 amide bonds. The first-order chi connectivity index (χ1) is 13.7. The van der Waals surface area contributed by atoms with Gasteiger partial charge in [-0.2, -0.15) is 0 Å². The van der Waals surface area contributed by atoms with Gasteiger partial charge in [-0.1, -0.05) is 44.0 Å². The van der Waals surface area contributed by atoms with Gasteiger partial charge in [-0.15, -0.1) is 0 Å². The number of nitrogens with zero attached hydrogens (tertiary/aromatic N) is 1. The van der Waals surface area contributed by atoms with E-state index in [-0.39, 0.29) is 11.8 Å². The van der Waals surface area contributed by atoms with Crippen molar-refractivity contribution >= 4 is 22.6 Å². The Labute approximate surface area is 167 Å². The van der Waals surface area contributed by atoms with Gasteiger partial charge in [0.25, 0.3) is 11.8 Å². The Hall–Kier alpha value is -2.36. The summed E-state index contributed by atoms with van der Waals surface area (Å²) < 4.78 is 0. The first kappa shape index (κ1) is 19.0. The van der Waals surface area contributed by atoms with Gasteiger partial charge >= 0.3 is 0 Å². The van der Waals surface area contributed by atoms with Crippen LogP contribution in [0, 0.1) is 5.92 Å². The van der Waals surface area contributed by atoms with E-state index in [1.54, 1.807) is 0 Å². The van der Waals surface area contributed by atoms with Crippen molar-refractivity contribution in [3.63, 3.8) is 0 Å². The summed E-state index contributed by atoms with van der Waals surface area (Å²) >= 11 is 0. The highest BCUT2D eigenvalue weighted by Crippen LogP contribution is 2.36. The summed E-state index contributed by atoms with van der Waals surface area (Å²) in [4.78, 5) is 28.3. The van der Waals surface area contributed by atoms with Crippen LogP contribution >= 0.6 is 0 Å². The van der Waals surface area contributed by atoms with Crippen molar-refractivity contribution in [2.75, 3.05) is 13.1 Å². The summed E-state index contributed by atoms with van der Waals surface area (Å²) in [5, 5.41) is 4.70. The second kappa shape index (κ2) is 8.34. The van der Waals surface area contributed by atoms with Crippen LogP contribution in [0.1, 0.15) is 72.6 Å². The lowest BCUT2D eigenvalue weighted by Gasteiger charge is -2.44. The standard InChI is InChI=1S/C24H30N2O2/c1-2-15-25-23(27)20-13-14-21(19-11-5-4-10-18(19)20)24(28)26-16-7-9-17-8-3-6-12-22(17)26/h4-5,10-11,13-14,17,22H,2-3,6-9,12,15-16H2,1H3,(H,25,27)/t17-,22-/m0/s1. The Morgan fingerprint density at radius 3 is 2.43 bits per heavy atom. The number of likely N-dealkylation sites (tertiary alicyclic amines) is 1. The minimum Gasteiger partial charge on any atom is -0.352 e. The Morgan fingerprint density at radius 1 is 0.964 bits per heavy atom. The fourth-order valence-corrected chi connectivity index (χ4v) is 5.05. The van der Waals surface area contributed by atoms with Gasteiger partial charge in [0, 0.05) is 30.3 Å². The second-order valence-electron chi connectivity index (χ2n) is 8.21. The molecule has 2 aliphatic rings. The molecule has 148 valence electrons. The molecule has 0 radical (unpaired) electrons. The normalized spacial score (nSPS) is 22.0. The highest BCUT2D eigenvalue weighted by Gasteiger charge is 2.36. The predicted octanol–water partition coefficient (Wildman–Crippen LogP) is 4.77. The van der Waals surface area contributed by atoms with Gasteiger partial charge in [0.15, 0.2) is 0 Å². The van der Waals surface area contributed by atoms with Gasteiger partial charge in [-0.25, -0.2) is 0 Å². The molecule has 2 fully saturated rings. The SMILES string of the molecule is CCCNC(=O)c1ccc(C(=O)N2CCC[C@@H]3CCCC[C@@H]32)c2ccccc12. The summed E-state index contributed by atoms with van der Waals surface area (Å²) in [6, 6.07) is 11.9. The smallest absolute Gasteiger partial charge is 0.254 e. The molecule has 0 spiro atoms. The molecule has 1 saturated carbocycles. The first-order valence-corrected chi connectivity index (χ1v) is 10.8. The van der Waals surface area contributed by atoms with Crippen LogP contribution in [0.4, 0.5) is 0 Å². The number of carbonyl (C=O) groups excluding carboxylic acids is 2. The van der Waals surface area contributed by atoms with Crippen molar-refractivity contribution in [2.24, 2.45) is 5.92 Å². The largest absolute Gasteiger partial charge is 0.352 e. The number of carbonyl (C=O) groups is 2. The average Bonchev–Trinajstić information content (AvgIpc) is 2.75. The van der Waals surface area contributed by atoms with Gasteiger partial charge in [0.1, 0.15) is 0 Å². The zero-order chi connectivity index (χ0) is 19.5. The van der Waals surface area contributed by atoms with E-state index in [1.165, 1.54) is 25.7 Å². The van der Waals surface area contributed by atoms with Crippen LogP contribution in [0.15, 0.2) is 36.4 Å². The summed E-state index contributed by atoms with van der Waals surface area (Å²) in [6.07, 6.45) is 8.17. The molecule has 4 heteroatoms. The molecule has 4 nitrogen and oxygen atoms in total. The number of hydrogen-bond acceptors (Lipinski definition) is 2. The zero-order valence-electron chi connectivity index (χ0n) is 16.7. The number of rotatable bonds is 4. The van der Waals surface area contributed by atoms with E-state index in [0.717, 1.165) is 42.1 Å². The van der Waals surface area contributed by atoms with E-state index < -0.39 is 0 Å². The zero-order valence-corrected chi connectivity index (χ0v) is 16.7. The van der Waals surface area contributed by atoms with Crippen molar-refractivity contribution < 1.29 is 9.59 Å². The number of amides is 2. The van der Waals surface area contributed by atoms with E-state index >= 15 is 0 Å². The topological polar surface area (TPSA) is 49.4 Å². The predicted molar refractivity (Wildman–Crippen MR) is 113 cm³/mol. The fourth-order valence-electron chi connectivity index (χ4n) is 5.05. The molecular weight excluding hydrogens is 348 g/mol. The molecule has 2 aromatic rings. The fraction of sp³-hybridized carbons (Fsp3) is 0.500. The maximum absolute atomic E-state index is 13.5. The molecule has 0 aromatic heterocycles.